The molecule has 2 saturated heterocycles. The number of nitrogens with one attached hydrogen (secondary N) is 1. The summed E-state index contributed by atoms with van der Waals surface area (Å²) >= 11 is 0. The van der Waals surface area contributed by atoms with Gasteiger partial charge in [0, 0.05) is 30.6 Å². The van der Waals surface area contributed by atoms with Crippen molar-refractivity contribution in [3.05, 3.63) is 59.5 Å². The first-order valence-electron chi connectivity index (χ1n) is 10.2. The first-order chi connectivity index (χ1) is 13.7. The summed E-state index contributed by atoms with van der Waals surface area (Å²) in [6.07, 6.45) is 4.91. The Morgan fingerprint density at radius 1 is 1.18 bits per heavy atom. The van der Waals surface area contributed by atoms with Crippen molar-refractivity contribution in [3.63, 3.8) is 0 Å². The van der Waals surface area contributed by atoms with E-state index in [2.05, 4.69) is 39.4 Å². The first-order valence-corrected chi connectivity index (χ1v) is 10.2. The number of aliphatic hydroxyl groups excluding tert-OH is 1. The van der Waals surface area contributed by atoms with Crippen LogP contribution in [0.4, 0.5) is 0 Å². The predicted molar refractivity (Wildman–Crippen MR) is 105 cm³/mol. The SMILES string of the molecule is O=C1CN([C@@H]2c3ccccc3C3(CCN(Cc4ccoc4)CC3)[C@H]2O)CCN1. The maximum absolute atomic E-state index is 12.0. The van der Waals surface area contributed by atoms with Crippen LogP contribution in [0, 0.1) is 0 Å². The van der Waals surface area contributed by atoms with Crippen LogP contribution < -0.4 is 5.32 Å². The summed E-state index contributed by atoms with van der Waals surface area (Å²) in [5, 5.41) is 14.5. The highest BCUT2D eigenvalue weighted by Gasteiger charge is 2.54. The quantitative estimate of drug-likeness (QED) is 0.846. The highest BCUT2D eigenvalue weighted by atomic mass is 16.3. The number of hydrogen-bond donors (Lipinski definition) is 2. The smallest absolute Gasteiger partial charge is 0.234 e. The number of rotatable bonds is 3. The van der Waals surface area contributed by atoms with Gasteiger partial charge in [0.25, 0.3) is 0 Å². The molecule has 2 aliphatic heterocycles. The van der Waals surface area contributed by atoms with E-state index in [1.165, 1.54) is 16.7 Å². The van der Waals surface area contributed by atoms with Gasteiger partial charge in [-0.15, -0.1) is 0 Å². The van der Waals surface area contributed by atoms with Gasteiger partial charge in [-0.25, -0.2) is 0 Å². The molecule has 2 N–H and O–H groups in total. The highest BCUT2D eigenvalue weighted by molar-refractivity contribution is 5.78. The van der Waals surface area contributed by atoms with E-state index in [9.17, 15) is 9.90 Å². The fourth-order valence-corrected chi connectivity index (χ4v) is 5.45. The molecule has 2 aromatic rings. The van der Waals surface area contributed by atoms with Crippen molar-refractivity contribution in [1.82, 2.24) is 15.1 Å². The molecule has 0 unspecified atom stereocenters. The average Bonchev–Trinajstić information content (AvgIpc) is 3.30. The van der Waals surface area contributed by atoms with E-state index in [0.29, 0.717) is 13.1 Å². The number of benzene rings is 1. The predicted octanol–water partition coefficient (Wildman–Crippen LogP) is 1.66. The Labute approximate surface area is 165 Å². The van der Waals surface area contributed by atoms with Crippen molar-refractivity contribution in [2.45, 2.75) is 36.9 Å². The summed E-state index contributed by atoms with van der Waals surface area (Å²) in [7, 11) is 0. The van der Waals surface area contributed by atoms with Gasteiger partial charge in [-0.2, -0.15) is 0 Å². The van der Waals surface area contributed by atoms with E-state index >= 15 is 0 Å². The van der Waals surface area contributed by atoms with Crippen LogP contribution in [0.25, 0.3) is 0 Å². The van der Waals surface area contributed by atoms with Gasteiger partial charge in [0.05, 0.1) is 31.2 Å². The minimum atomic E-state index is -0.480. The summed E-state index contributed by atoms with van der Waals surface area (Å²) in [5.74, 6) is 0.0480. The zero-order valence-corrected chi connectivity index (χ0v) is 16.0. The van der Waals surface area contributed by atoms with E-state index in [1.54, 1.807) is 6.26 Å². The highest BCUT2D eigenvalue weighted by Crippen LogP contribution is 2.52. The van der Waals surface area contributed by atoms with Crippen LogP contribution in [0.2, 0.25) is 0 Å². The van der Waals surface area contributed by atoms with Gasteiger partial charge >= 0.3 is 0 Å². The largest absolute Gasteiger partial charge is 0.472 e. The summed E-state index contributed by atoms with van der Waals surface area (Å²) in [6.45, 7) is 4.58. The number of piperidine rings is 1. The van der Waals surface area contributed by atoms with Gasteiger partial charge in [-0.1, -0.05) is 24.3 Å². The standard InChI is InChI=1S/C22H27N3O3/c26-19-14-25(11-8-23-19)20-17-3-1-2-4-18(17)22(21(20)27)6-9-24(10-7-22)13-16-5-12-28-15-16/h1-5,12,15,20-21,27H,6-11,13-14H2,(H,23,26)/t20-,21+/m1/s1. The molecule has 2 fully saturated rings. The number of aliphatic hydroxyl groups is 1. The minimum Gasteiger partial charge on any atom is -0.472 e. The van der Waals surface area contributed by atoms with Gasteiger partial charge in [0.1, 0.15) is 0 Å². The van der Waals surface area contributed by atoms with E-state index in [4.69, 9.17) is 4.42 Å². The fraction of sp³-hybridized carbons (Fsp3) is 0.500. The molecule has 1 aromatic carbocycles. The normalized spacial score (nSPS) is 27.7. The van der Waals surface area contributed by atoms with Crippen molar-refractivity contribution in [2.75, 3.05) is 32.7 Å². The van der Waals surface area contributed by atoms with Crippen LogP contribution in [0.3, 0.4) is 0 Å². The summed E-state index contributed by atoms with van der Waals surface area (Å²) in [5.41, 5.74) is 3.46. The maximum atomic E-state index is 12.0. The van der Waals surface area contributed by atoms with Gasteiger partial charge in [-0.3, -0.25) is 14.6 Å². The monoisotopic (exact) mass is 381 g/mol. The van der Waals surface area contributed by atoms with Crippen LogP contribution >= 0.6 is 0 Å². The topological polar surface area (TPSA) is 69.0 Å². The fourth-order valence-electron chi connectivity index (χ4n) is 5.45. The third kappa shape index (κ3) is 2.87. The summed E-state index contributed by atoms with van der Waals surface area (Å²) < 4.78 is 5.20. The lowest BCUT2D eigenvalue weighted by Crippen LogP contribution is -2.53. The molecule has 1 aromatic heterocycles. The van der Waals surface area contributed by atoms with Gasteiger partial charge in [0.2, 0.25) is 5.91 Å². The Morgan fingerprint density at radius 2 is 2.00 bits per heavy atom. The van der Waals surface area contributed by atoms with Gasteiger partial charge in [0.15, 0.2) is 0 Å². The van der Waals surface area contributed by atoms with Gasteiger partial charge < -0.3 is 14.8 Å². The molecule has 5 rings (SSSR count). The van der Waals surface area contributed by atoms with Crippen molar-refractivity contribution in [2.24, 2.45) is 0 Å². The molecule has 1 amide bonds. The van der Waals surface area contributed by atoms with Crippen molar-refractivity contribution in [3.8, 4) is 0 Å². The molecular formula is C22H27N3O3. The Kier molecular flexibility index (Phi) is 4.50. The van der Waals surface area contributed by atoms with Gasteiger partial charge in [-0.05, 0) is 43.1 Å². The Morgan fingerprint density at radius 3 is 2.75 bits per heavy atom. The molecular weight excluding hydrogens is 354 g/mol. The lowest BCUT2D eigenvalue weighted by Gasteiger charge is -2.44. The van der Waals surface area contributed by atoms with Crippen LogP contribution in [0.5, 0.6) is 0 Å². The molecule has 148 valence electrons. The van der Waals surface area contributed by atoms with Crippen molar-refractivity contribution < 1.29 is 14.3 Å². The third-order valence-corrected chi connectivity index (χ3v) is 6.88. The van der Waals surface area contributed by atoms with E-state index in [1.807, 2.05) is 12.3 Å². The summed E-state index contributed by atoms with van der Waals surface area (Å²) in [4.78, 5) is 16.6. The molecule has 1 spiro atoms. The van der Waals surface area contributed by atoms with Crippen LogP contribution in [-0.2, 0) is 16.8 Å². The van der Waals surface area contributed by atoms with Crippen LogP contribution in [-0.4, -0.2) is 59.6 Å². The zero-order chi connectivity index (χ0) is 19.1. The van der Waals surface area contributed by atoms with Crippen molar-refractivity contribution >= 4 is 5.91 Å². The van der Waals surface area contributed by atoms with Crippen LogP contribution in [0.15, 0.2) is 47.3 Å². The second kappa shape index (κ2) is 7.03. The number of piperazine rings is 1. The van der Waals surface area contributed by atoms with Crippen LogP contribution in [0.1, 0.15) is 35.6 Å². The maximum Gasteiger partial charge on any atom is 0.234 e. The van der Waals surface area contributed by atoms with E-state index in [0.717, 1.165) is 39.0 Å². The Balaban J connectivity index is 1.40. The average molecular weight is 381 g/mol. The number of nitrogens with zero attached hydrogens (tertiary/aromatic N) is 2. The first kappa shape index (κ1) is 17.9. The molecule has 6 nitrogen and oxygen atoms in total. The lowest BCUT2D eigenvalue weighted by atomic mass is 9.72. The zero-order valence-electron chi connectivity index (χ0n) is 16.0. The van der Waals surface area contributed by atoms with Crippen molar-refractivity contribution in [1.29, 1.82) is 0 Å². The van der Waals surface area contributed by atoms with E-state index < -0.39 is 6.10 Å². The lowest BCUT2D eigenvalue weighted by molar-refractivity contribution is -0.126. The molecule has 28 heavy (non-hydrogen) atoms. The summed E-state index contributed by atoms with van der Waals surface area (Å²) in [6, 6.07) is 10.4. The molecule has 0 bridgehead atoms. The number of furan rings is 1. The number of likely N-dealkylation sites (tertiary alicyclic amines) is 1. The Bertz CT molecular complexity index is 842. The molecule has 0 radical (unpaired) electrons. The molecule has 1 aliphatic carbocycles. The minimum absolute atomic E-state index is 0.0480. The second-order valence-electron chi connectivity index (χ2n) is 8.36. The molecule has 2 atom stereocenters. The molecule has 3 aliphatic rings. The number of amides is 1. The number of fused-ring (bicyclic) bond motifs is 2. The Hall–Kier alpha value is -2.15. The molecule has 3 heterocycles. The number of carbonyl (C=O) groups is 1. The number of carbonyl (C=O) groups excluding carboxylic acids is 1. The second-order valence-corrected chi connectivity index (χ2v) is 8.36. The van der Waals surface area contributed by atoms with E-state index in [-0.39, 0.29) is 17.4 Å². The number of hydrogen-bond acceptors (Lipinski definition) is 5. The third-order valence-electron chi connectivity index (χ3n) is 6.88. The molecule has 0 saturated carbocycles. The molecule has 6 heteroatoms.